The van der Waals surface area contributed by atoms with Crippen LogP contribution in [0.25, 0.3) is 0 Å². The van der Waals surface area contributed by atoms with Crippen molar-refractivity contribution in [1.82, 2.24) is 5.32 Å². The smallest absolute Gasteiger partial charge is 0.308 e. The van der Waals surface area contributed by atoms with Crippen LogP contribution in [0.15, 0.2) is 0 Å². The lowest BCUT2D eigenvalue weighted by Crippen LogP contribution is -2.34. The molecular weight excluding hydrogens is 254 g/mol. The topological polar surface area (TPSA) is 66.4 Å². The van der Waals surface area contributed by atoms with Crippen molar-refractivity contribution >= 4 is 11.9 Å². The van der Waals surface area contributed by atoms with Crippen LogP contribution in [0, 0.1) is 17.8 Å². The summed E-state index contributed by atoms with van der Waals surface area (Å²) < 4.78 is 0. The molecule has 116 valence electrons. The predicted molar refractivity (Wildman–Crippen MR) is 79.4 cm³/mol. The van der Waals surface area contributed by atoms with Gasteiger partial charge in [-0.05, 0) is 31.1 Å². The molecule has 2 N–H and O–H groups in total. The highest BCUT2D eigenvalue weighted by Crippen LogP contribution is 2.25. The highest BCUT2D eigenvalue weighted by atomic mass is 16.4. The molecule has 20 heavy (non-hydrogen) atoms. The van der Waals surface area contributed by atoms with Crippen LogP contribution < -0.4 is 5.32 Å². The third-order valence-corrected chi connectivity index (χ3v) is 4.10. The highest BCUT2D eigenvalue weighted by molar-refractivity contribution is 5.77. The summed E-state index contributed by atoms with van der Waals surface area (Å²) in [6, 6.07) is 0. The van der Waals surface area contributed by atoms with Gasteiger partial charge < -0.3 is 10.4 Å². The average Bonchev–Trinajstić information content (AvgIpc) is 2.62. The molecule has 0 heterocycles. The maximum Gasteiger partial charge on any atom is 0.308 e. The van der Waals surface area contributed by atoms with Gasteiger partial charge in [0.2, 0.25) is 5.91 Å². The highest BCUT2D eigenvalue weighted by Gasteiger charge is 2.21. The molecule has 0 radical (unpaired) electrons. The van der Waals surface area contributed by atoms with E-state index in [1.54, 1.807) is 0 Å². The van der Waals surface area contributed by atoms with Gasteiger partial charge in [-0.3, -0.25) is 9.59 Å². The first-order valence-electron chi connectivity index (χ1n) is 7.98. The lowest BCUT2D eigenvalue weighted by Gasteiger charge is -2.17. The van der Waals surface area contributed by atoms with E-state index in [0.717, 1.165) is 12.8 Å². The van der Waals surface area contributed by atoms with E-state index < -0.39 is 11.9 Å². The summed E-state index contributed by atoms with van der Waals surface area (Å²) in [5.41, 5.74) is 0. The second-order valence-electron chi connectivity index (χ2n) is 6.53. The van der Waals surface area contributed by atoms with Gasteiger partial charge in [0.15, 0.2) is 0 Å². The van der Waals surface area contributed by atoms with Gasteiger partial charge in [0, 0.05) is 13.0 Å². The van der Waals surface area contributed by atoms with Crippen LogP contribution in [0.4, 0.5) is 0 Å². The van der Waals surface area contributed by atoms with Crippen molar-refractivity contribution in [3.8, 4) is 0 Å². The molecule has 0 aromatic carbocycles. The standard InChI is InChI=1S/C16H29NO3/c1-12(2)9-14(16(19)20)11-17-15(18)10-13-7-5-3-4-6-8-13/h12-14H,3-11H2,1-2H3,(H,17,18)(H,19,20). The summed E-state index contributed by atoms with van der Waals surface area (Å²) >= 11 is 0. The van der Waals surface area contributed by atoms with Crippen LogP contribution >= 0.6 is 0 Å². The van der Waals surface area contributed by atoms with Crippen LogP contribution in [0.3, 0.4) is 0 Å². The second-order valence-corrected chi connectivity index (χ2v) is 6.53. The summed E-state index contributed by atoms with van der Waals surface area (Å²) in [6.45, 7) is 4.27. The maximum atomic E-state index is 11.9. The first-order chi connectivity index (χ1) is 9.49. The Kier molecular flexibility index (Phi) is 7.63. The minimum Gasteiger partial charge on any atom is -0.481 e. The number of aliphatic carboxylic acids is 1. The number of carbonyl (C=O) groups is 2. The molecule has 1 aliphatic rings. The zero-order valence-electron chi connectivity index (χ0n) is 12.9. The number of rotatable bonds is 7. The number of hydrogen-bond acceptors (Lipinski definition) is 2. The van der Waals surface area contributed by atoms with Gasteiger partial charge in [0.25, 0.3) is 0 Å². The van der Waals surface area contributed by atoms with Crippen LogP contribution in [0.1, 0.15) is 65.2 Å². The first-order valence-corrected chi connectivity index (χ1v) is 7.98. The normalized spacial score (nSPS) is 18.6. The molecule has 1 unspecified atom stereocenters. The number of nitrogens with one attached hydrogen (secondary N) is 1. The molecule has 0 aromatic heterocycles. The largest absolute Gasteiger partial charge is 0.481 e. The Morgan fingerprint density at radius 1 is 1.15 bits per heavy atom. The predicted octanol–water partition coefficient (Wildman–Crippen LogP) is 3.21. The summed E-state index contributed by atoms with van der Waals surface area (Å²) in [5.74, 6) is -0.436. The van der Waals surface area contributed by atoms with Crippen molar-refractivity contribution in [2.24, 2.45) is 17.8 Å². The molecule has 0 aromatic rings. The quantitative estimate of drug-likeness (QED) is 0.705. The Labute approximate surface area is 122 Å². The Morgan fingerprint density at radius 3 is 2.25 bits per heavy atom. The van der Waals surface area contributed by atoms with E-state index in [1.165, 1.54) is 25.7 Å². The fourth-order valence-corrected chi connectivity index (χ4v) is 2.98. The van der Waals surface area contributed by atoms with E-state index in [2.05, 4.69) is 5.32 Å². The minimum absolute atomic E-state index is 0.0203. The van der Waals surface area contributed by atoms with E-state index >= 15 is 0 Å². The Hall–Kier alpha value is -1.06. The van der Waals surface area contributed by atoms with E-state index in [9.17, 15) is 9.59 Å². The zero-order chi connectivity index (χ0) is 15.0. The van der Waals surface area contributed by atoms with Gasteiger partial charge in [-0.15, -0.1) is 0 Å². The van der Waals surface area contributed by atoms with Crippen molar-refractivity contribution in [3.05, 3.63) is 0 Å². The van der Waals surface area contributed by atoms with E-state index in [0.29, 0.717) is 24.7 Å². The maximum absolute atomic E-state index is 11.9. The second kappa shape index (κ2) is 8.98. The molecular formula is C16H29NO3. The van der Waals surface area contributed by atoms with Gasteiger partial charge in [0.05, 0.1) is 5.92 Å². The molecule has 0 saturated heterocycles. The molecule has 1 atom stereocenters. The fourth-order valence-electron chi connectivity index (χ4n) is 2.98. The molecule has 4 nitrogen and oxygen atoms in total. The molecule has 1 fully saturated rings. The van der Waals surface area contributed by atoms with Crippen LogP contribution in [-0.4, -0.2) is 23.5 Å². The van der Waals surface area contributed by atoms with Crippen LogP contribution in [-0.2, 0) is 9.59 Å². The number of carbonyl (C=O) groups excluding carboxylic acids is 1. The Bertz CT molecular complexity index is 307. The molecule has 0 spiro atoms. The average molecular weight is 283 g/mol. The molecule has 0 bridgehead atoms. The van der Waals surface area contributed by atoms with Crippen LogP contribution in [0.5, 0.6) is 0 Å². The monoisotopic (exact) mass is 283 g/mol. The summed E-state index contributed by atoms with van der Waals surface area (Å²) in [4.78, 5) is 23.1. The van der Waals surface area contributed by atoms with Crippen molar-refractivity contribution in [2.75, 3.05) is 6.54 Å². The molecule has 0 aliphatic heterocycles. The summed E-state index contributed by atoms with van der Waals surface area (Å²) in [6.07, 6.45) is 8.48. The number of hydrogen-bond donors (Lipinski definition) is 2. The fraction of sp³-hybridized carbons (Fsp3) is 0.875. The molecule has 1 saturated carbocycles. The third-order valence-electron chi connectivity index (χ3n) is 4.10. The number of carboxylic acid groups (broad SMARTS) is 1. The number of amides is 1. The van der Waals surface area contributed by atoms with Crippen LogP contribution in [0.2, 0.25) is 0 Å². The van der Waals surface area contributed by atoms with Crippen molar-refractivity contribution in [2.45, 2.75) is 65.2 Å². The van der Waals surface area contributed by atoms with Crippen molar-refractivity contribution in [3.63, 3.8) is 0 Å². The SMILES string of the molecule is CC(C)CC(CNC(=O)CC1CCCCCC1)C(=O)O. The lowest BCUT2D eigenvalue weighted by atomic mass is 9.95. The lowest BCUT2D eigenvalue weighted by molar-refractivity contribution is -0.142. The van der Waals surface area contributed by atoms with E-state index in [-0.39, 0.29) is 12.5 Å². The Morgan fingerprint density at radius 2 is 1.75 bits per heavy atom. The van der Waals surface area contributed by atoms with E-state index in [1.807, 2.05) is 13.8 Å². The minimum atomic E-state index is -0.812. The first kappa shape index (κ1) is 17.0. The van der Waals surface area contributed by atoms with Gasteiger partial charge in [0.1, 0.15) is 0 Å². The van der Waals surface area contributed by atoms with Gasteiger partial charge >= 0.3 is 5.97 Å². The van der Waals surface area contributed by atoms with Gasteiger partial charge in [-0.25, -0.2) is 0 Å². The summed E-state index contributed by atoms with van der Waals surface area (Å²) in [7, 11) is 0. The molecule has 1 amide bonds. The van der Waals surface area contributed by atoms with Crippen molar-refractivity contribution < 1.29 is 14.7 Å². The molecule has 1 rings (SSSR count). The van der Waals surface area contributed by atoms with E-state index in [4.69, 9.17) is 5.11 Å². The number of carboxylic acids is 1. The third kappa shape index (κ3) is 6.92. The summed E-state index contributed by atoms with van der Waals surface area (Å²) in [5, 5.41) is 12.0. The molecule has 1 aliphatic carbocycles. The van der Waals surface area contributed by atoms with Gasteiger partial charge in [-0.2, -0.15) is 0 Å². The zero-order valence-corrected chi connectivity index (χ0v) is 12.9. The van der Waals surface area contributed by atoms with Gasteiger partial charge in [-0.1, -0.05) is 39.5 Å². The Balaban J connectivity index is 2.31. The van der Waals surface area contributed by atoms with Crippen molar-refractivity contribution in [1.29, 1.82) is 0 Å². The molecule has 4 heteroatoms.